The van der Waals surface area contributed by atoms with Gasteiger partial charge in [0.15, 0.2) is 9.84 Å². The first kappa shape index (κ1) is 18.7. The number of hydrogen-bond acceptors (Lipinski definition) is 5. The third-order valence-electron chi connectivity index (χ3n) is 4.53. The summed E-state index contributed by atoms with van der Waals surface area (Å²) in [4.78, 5) is 15.0. The summed E-state index contributed by atoms with van der Waals surface area (Å²) in [5.74, 6) is 0.452. The lowest BCUT2D eigenvalue weighted by molar-refractivity contribution is 0.0491. The number of benzene rings is 1. The maximum absolute atomic E-state index is 13.2. The highest BCUT2D eigenvalue weighted by atomic mass is 32.2. The average Bonchev–Trinajstić information content (AvgIpc) is 3.27. The van der Waals surface area contributed by atoms with E-state index in [0.29, 0.717) is 31.0 Å². The van der Waals surface area contributed by atoms with Crippen LogP contribution in [0.5, 0.6) is 0 Å². The Balaban J connectivity index is 1.90. The molecule has 1 aliphatic heterocycles. The molecule has 3 rings (SSSR count). The molecule has 0 spiro atoms. The lowest BCUT2D eigenvalue weighted by Crippen LogP contribution is -2.37. The Hall–Kier alpha value is -2.12. The average molecular weight is 377 g/mol. The zero-order valence-electron chi connectivity index (χ0n) is 15.0. The van der Waals surface area contributed by atoms with Gasteiger partial charge in [0.2, 0.25) is 0 Å². The van der Waals surface area contributed by atoms with E-state index in [2.05, 4.69) is 0 Å². The molecule has 0 aliphatic carbocycles. The van der Waals surface area contributed by atoms with Crippen LogP contribution in [0.15, 0.2) is 45.9 Å². The van der Waals surface area contributed by atoms with E-state index < -0.39 is 9.84 Å². The molecule has 1 unspecified atom stereocenters. The molecule has 0 bridgehead atoms. The van der Waals surface area contributed by atoms with E-state index in [9.17, 15) is 13.2 Å². The van der Waals surface area contributed by atoms with Gasteiger partial charge in [0, 0.05) is 25.0 Å². The zero-order valence-corrected chi connectivity index (χ0v) is 15.8. The molecule has 1 aliphatic rings. The number of aryl methyl sites for hydroxylation is 1. The van der Waals surface area contributed by atoms with Crippen LogP contribution in [0.3, 0.4) is 0 Å². The van der Waals surface area contributed by atoms with Crippen LogP contribution in [-0.4, -0.2) is 44.7 Å². The summed E-state index contributed by atoms with van der Waals surface area (Å²) in [6, 6.07) is 8.24. The van der Waals surface area contributed by atoms with Gasteiger partial charge in [-0.25, -0.2) is 8.42 Å². The highest BCUT2D eigenvalue weighted by Gasteiger charge is 2.26. The Bertz CT molecular complexity index is 867. The van der Waals surface area contributed by atoms with Crippen molar-refractivity contribution in [1.82, 2.24) is 4.90 Å². The molecule has 26 heavy (non-hydrogen) atoms. The van der Waals surface area contributed by atoms with E-state index in [-0.39, 0.29) is 16.9 Å². The first-order valence-corrected chi connectivity index (χ1v) is 10.5. The van der Waals surface area contributed by atoms with Gasteiger partial charge in [-0.1, -0.05) is 6.07 Å². The molecule has 1 saturated heterocycles. The van der Waals surface area contributed by atoms with Gasteiger partial charge in [-0.2, -0.15) is 0 Å². The highest BCUT2D eigenvalue weighted by molar-refractivity contribution is 7.90. The first-order chi connectivity index (χ1) is 12.3. The van der Waals surface area contributed by atoms with Crippen LogP contribution < -0.4 is 0 Å². The summed E-state index contributed by atoms with van der Waals surface area (Å²) in [5.41, 5.74) is 1.12. The first-order valence-electron chi connectivity index (χ1n) is 8.58. The highest BCUT2D eigenvalue weighted by Crippen LogP contribution is 2.21. The van der Waals surface area contributed by atoms with Crippen LogP contribution in [0.25, 0.3) is 0 Å². The number of nitrogens with zero attached hydrogens (tertiary/aromatic N) is 1. The molecule has 1 fully saturated rings. The minimum absolute atomic E-state index is 0.00712. The molecule has 1 aromatic carbocycles. The SMILES string of the molecule is Cc1ccc(S(C)(=O)=O)cc1C(=O)N(Cc1ccco1)CC1CCCO1. The summed E-state index contributed by atoms with van der Waals surface area (Å²) >= 11 is 0. The van der Waals surface area contributed by atoms with Crippen LogP contribution in [0.2, 0.25) is 0 Å². The minimum Gasteiger partial charge on any atom is -0.467 e. The van der Waals surface area contributed by atoms with E-state index >= 15 is 0 Å². The predicted molar refractivity (Wildman–Crippen MR) is 96.7 cm³/mol. The summed E-state index contributed by atoms with van der Waals surface area (Å²) in [6.07, 6.45) is 4.59. The maximum Gasteiger partial charge on any atom is 0.254 e. The van der Waals surface area contributed by atoms with Crippen LogP contribution in [0, 0.1) is 6.92 Å². The molecule has 6 nitrogen and oxygen atoms in total. The quantitative estimate of drug-likeness (QED) is 0.774. The number of rotatable bonds is 6. The van der Waals surface area contributed by atoms with E-state index in [0.717, 1.165) is 24.7 Å². The van der Waals surface area contributed by atoms with Crippen molar-refractivity contribution in [3.63, 3.8) is 0 Å². The summed E-state index contributed by atoms with van der Waals surface area (Å²) in [6.45, 7) is 3.27. The molecule has 140 valence electrons. The van der Waals surface area contributed by atoms with E-state index in [1.807, 2.05) is 6.07 Å². The fraction of sp³-hybridized carbons (Fsp3) is 0.421. The zero-order chi connectivity index (χ0) is 18.7. The molecule has 1 atom stereocenters. The normalized spacial score (nSPS) is 17.4. The molecular formula is C19H23NO5S. The third kappa shape index (κ3) is 4.34. The van der Waals surface area contributed by atoms with Crippen molar-refractivity contribution in [1.29, 1.82) is 0 Å². The Morgan fingerprint density at radius 3 is 2.73 bits per heavy atom. The molecule has 2 heterocycles. The Morgan fingerprint density at radius 1 is 1.31 bits per heavy atom. The maximum atomic E-state index is 13.2. The number of ether oxygens (including phenoxy) is 1. The van der Waals surface area contributed by atoms with Crippen LogP contribution in [-0.2, 0) is 21.1 Å². The van der Waals surface area contributed by atoms with Crippen molar-refractivity contribution in [2.24, 2.45) is 0 Å². The van der Waals surface area contributed by atoms with Gasteiger partial charge >= 0.3 is 0 Å². The van der Waals surface area contributed by atoms with Crippen LogP contribution >= 0.6 is 0 Å². The number of sulfone groups is 1. The molecular weight excluding hydrogens is 354 g/mol. The molecule has 1 aromatic heterocycles. The molecule has 0 saturated carbocycles. The Labute approximate surface area is 153 Å². The van der Waals surface area contributed by atoms with Gasteiger partial charge in [0.05, 0.1) is 23.8 Å². The van der Waals surface area contributed by atoms with Crippen molar-refractivity contribution < 1.29 is 22.4 Å². The topological polar surface area (TPSA) is 76.8 Å². The Morgan fingerprint density at radius 2 is 2.12 bits per heavy atom. The summed E-state index contributed by atoms with van der Waals surface area (Å²) in [7, 11) is -3.39. The predicted octanol–water partition coefficient (Wildman–Crippen LogP) is 2.81. The van der Waals surface area contributed by atoms with Crippen molar-refractivity contribution in [2.75, 3.05) is 19.4 Å². The number of hydrogen-bond donors (Lipinski definition) is 0. The van der Waals surface area contributed by atoms with E-state index in [1.165, 1.54) is 12.1 Å². The number of carbonyl (C=O) groups excluding carboxylic acids is 1. The monoisotopic (exact) mass is 377 g/mol. The fourth-order valence-corrected chi connectivity index (χ4v) is 3.72. The van der Waals surface area contributed by atoms with Gasteiger partial charge in [-0.05, 0) is 49.6 Å². The van der Waals surface area contributed by atoms with Crippen molar-refractivity contribution in [3.8, 4) is 0 Å². The largest absolute Gasteiger partial charge is 0.467 e. The second kappa shape index (κ2) is 7.63. The van der Waals surface area contributed by atoms with Crippen LogP contribution in [0.1, 0.15) is 34.5 Å². The van der Waals surface area contributed by atoms with Gasteiger partial charge < -0.3 is 14.1 Å². The molecule has 0 radical (unpaired) electrons. The fourth-order valence-electron chi connectivity index (χ4n) is 3.08. The molecule has 1 amide bonds. The van der Waals surface area contributed by atoms with Gasteiger partial charge in [0.25, 0.3) is 5.91 Å². The Kier molecular flexibility index (Phi) is 5.48. The standard InChI is InChI=1S/C19H23NO5S/c1-14-7-8-17(26(2,22)23)11-18(14)19(21)20(12-15-5-3-9-24-15)13-16-6-4-10-25-16/h3,5,7-9,11,16H,4,6,10,12-13H2,1-2H3. The third-order valence-corrected chi connectivity index (χ3v) is 5.64. The number of amides is 1. The second-order valence-corrected chi connectivity index (χ2v) is 8.66. The lowest BCUT2D eigenvalue weighted by atomic mass is 10.1. The van der Waals surface area contributed by atoms with E-state index in [4.69, 9.17) is 9.15 Å². The second-order valence-electron chi connectivity index (χ2n) is 6.65. The van der Waals surface area contributed by atoms with Gasteiger partial charge in [0.1, 0.15) is 5.76 Å². The smallest absolute Gasteiger partial charge is 0.254 e. The van der Waals surface area contributed by atoms with Gasteiger partial charge in [-0.3, -0.25) is 4.79 Å². The van der Waals surface area contributed by atoms with Crippen LogP contribution in [0.4, 0.5) is 0 Å². The molecule has 0 N–H and O–H groups in total. The van der Waals surface area contributed by atoms with Crippen molar-refractivity contribution in [2.45, 2.75) is 37.3 Å². The van der Waals surface area contributed by atoms with Crippen molar-refractivity contribution >= 4 is 15.7 Å². The molecule has 7 heteroatoms. The van der Waals surface area contributed by atoms with Gasteiger partial charge in [-0.15, -0.1) is 0 Å². The lowest BCUT2D eigenvalue weighted by Gasteiger charge is -2.25. The summed E-state index contributed by atoms with van der Waals surface area (Å²) < 4.78 is 34.8. The van der Waals surface area contributed by atoms with Crippen molar-refractivity contribution in [3.05, 3.63) is 53.5 Å². The summed E-state index contributed by atoms with van der Waals surface area (Å²) in [5, 5.41) is 0. The number of furan rings is 1. The molecule has 2 aromatic rings. The van der Waals surface area contributed by atoms with E-state index in [1.54, 1.807) is 30.2 Å². The minimum atomic E-state index is -3.39. The number of carbonyl (C=O) groups is 1.